The van der Waals surface area contributed by atoms with Crippen LogP contribution < -0.4 is 4.74 Å². The molecule has 0 fully saturated rings. The largest absolute Gasteiger partial charge is 0.495 e. The first-order chi connectivity index (χ1) is 11.8. The molecule has 0 atom stereocenters. The molecule has 3 heteroatoms. The number of aromatic nitrogens is 1. The summed E-state index contributed by atoms with van der Waals surface area (Å²) in [6, 6.07) is 22.2. The van der Waals surface area contributed by atoms with Crippen LogP contribution in [0, 0.1) is 11.3 Å². The summed E-state index contributed by atoms with van der Waals surface area (Å²) >= 11 is 0. The fraction of sp³-hybridized carbons (Fsp3) is 0.0476. The fourth-order valence-electron chi connectivity index (χ4n) is 3.13. The number of pyridine rings is 1. The number of fused-ring (bicyclic) bond motifs is 2. The standard InChI is InChI=1S/C21H14N2O/c1-24-21-17-9-5-2-6-14(17)10-11-18(21)20-19(12-22)16-8-4-3-7-15(16)13-23-20/h2-11,13H,1H3. The molecule has 4 rings (SSSR count). The van der Waals surface area contributed by atoms with Crippen molar-refractivity contribution in [3.05, 3.63) is 72.4 Å². The third kappa shape index (κ3) is 2.09. The molecule has 3 aromatic carbocycles. The third-order valence-electron chi connectivity index (χ3n) is 4.25. The van der Waals surface area contributed by atoms with Crippen molar-refractivity contribution in [1.29, 1.82) is 5.26 Å². The van der Waals surface area contributed by atoms with Gasteiger partial charge in [-0.1, -0.05) is 54.6 Å². The summed E-state index contributed by atoms with van der Waals surface area (Å²) in [5.41, 5.74) is 2.05. The summed E-state index contributed by atoms with van der Waals surface area (Å²) in [6.45, 7) is 0. The van der Waals surface area contributed by atoms with E-state index in [1.165, 1.54) is 0 Å². The van der Waals surface area contributed by atoms with Gasteiger partial charge in [0.2, 0.25) is 0 Å². The van der Waals surface area contributed by atoms with Crippen molar-refractivity contribution >= 4 is 21.5 Å². The van der Waals surface area contributed by atoms with Crippen LogP contribution in [0.15, 0.2) is 66.9 Å². The molecule has 0 aliphatic carbocycles. The Morgan fingerprint density at radius 2 is 1.58 bits per heavy atom. The molecule has 0 aliphatic heterocycles. The van der Waals surface area contributed by atoms with E-state index in [0.717, 1.165) is 32.9 Å². The average molecular weight is 310 g/mol. The van der Waals surface area contributed by atoms with Gasteiger partial charge in [-0.05, 0) is 11.5 Å². The molecule has 0 N–H and O–H groups in total. The van der Waals surface area contributed by atoms with E-state index in [0.29, 0.717) is 11.3 Å². The van der Waals surface area contributed by atoms with Gasteiger partial charge in [-0.2, -0.15) is 5.26 Å². The fourth-order valence-corrected chi connectivity index (χ4v) is 3.13. The minimum atomic E-state index is 0.571. The first-order valence-corrected chi connectivity index (χ1v) is 7.67. The predicted molar refractivity (Wildman–Crippen MR) is 96.0 cm³/mol. The van der Waals surface area contributed by atoms with Gasteiger partial charge in [-0.25, -0.2) is 0 Å². The highest BCUT2D eigenvalue weighted by atomic mass is 16.5. The topological polar surface area (TPSA) is 45.9 Å². The molecule has 24 heavy (non-hydrogen) atoms. The maximum absolute atomic E-state index is 9.72. The van der Waals surface area contributed by atoms with Gasteiger partial charge in [0.1, 0.15) is 11.8 Å². The van der Waals surface area contributed by atoms with E-state index in [4.69, 9.17) is 4.74 Å². The molecule has 4 aromatic rings. The molecule has 114 valence electrons. The average Bonchev–Trinajstić information content (AvgIpc) is 2.66. The predicted octanol–water partition coefficient (Wildman–Crippen LogP) is 4.94. The van der Waals surface area contributed by atoms with Crippen molar-refractivity contribution < 1.29 is 4.74 Å². The number of hydrogen-bond donors (Lipinski definition) is 0. The summed E-state index contributed by atoms with van der Waals surface area (Å²) in [6.07, 6.45) is 1.81. The Balaban J connectivity index is 2.08. The summed E-state index contributed by atoms with van der Waals surface area (Å²) in [5.74, 6) is 0.743. The van der Waals surface area contributed by atoms with Gasteiger partial charge in [0.15, 0.2) is 0 Å². The zero-order valence-corrected chi connectivity index (χ0v) is 13.2. The van der Waals surface area contributed by atoms with Gasteiger partial charge in [-0.3, -0.25) is 4.98 Å². The Labute approximate surface area is 139 Å². The van der Waals surface area contributed by atoms with Gasteiger partial charge in [-0.15, -0.1) is 0 Å². The highest BCUT2D eigenvalue weighted by Gasteiger charge is 2.16. The molecule has 1 aromatic heterocycles. The smallest absolute Gasteiger partial charge is 0.136 e. The lowest BCUT2D eigenvalue weighted by atomic mass is 9.97. The maximum atomic E-state index is 9.72. The lowest BCUT2D eigenvalue weighted by Crippen LogP contribution is -1.95. The van der Waals surface area contributed by atoms with Gasteiger partial charge in [0.25, 0.3) is 0 Å². The molecule has 0 unspecified atom stereocenters. The van der Waals surface area contributed by atoms with E-state index in [2.05, 4.69) is 11.1 Å². The molecule has 0 saturated carbocycles. The van der Waals surface area contributed by atoms with E-state index in [1.807, 2.05) is 60.7 Å². The van der Waals surface area contributed by atoms with Crippen LogP contribution in [0.4, 0.5) is 0 Å². The molecule has 0 saturated heterocycles. The first kappa shape index (κ1) is 14.2. The number of hydrogen-bond acceptors (Lipinski definition) is 3. The van der Waals surface area contributed by atoms with Crippen LogP contribution in [0.1, 0.15) is 5.56 Å². The van der Waals surface area contributed by atoms with Crippen LogP contribution in [0.5, 0.6) is 5.75 Å². The minimum Gasteiger partial charge on any atom is -0.495 e. The van der Waals surface area contributed by atoms with Crippen LogP contribution in [-0.2, 0) is 0 Å². The third-order valence-corrected chi connectivity index (χ3v) is 4.25. The number of rotatable bonds is 2. The molecule has 1 heterocycles. The van der Waals surface area contributed by atoms with E-state index in [1.54, 1.807) is 13.3 Å². The highest BCUT2D eigenvalue weighted by molar-refractivity contribution is 5.98. The molecular formula is C21H14N2O. The molecule has 0 aliphatic rings. The van der Waals surface area contributed by atoms with Gasteiger partial charge in [0.05, 0.1) is 18.4 Å². The van der Waals surface area contributed by atoms with Crippen molar-refractivity contribution in [2.45, 2.75) is 0 Å². The van der Waals surface area contributed by atoms with Gasteiger partial charge < -0.3 is 4.74 Å². The van der Waals surface area contributed by atoms with E-state index < -0.39 is 0 Å². The highest BCUT2D eigenvalue weighted by Crippen LogP contribution is 2.38. The number of methoxy groups -OCH3 is 1. The maximum Gasteiger partial charge on any atom is 0.136 e. The number of benzene rings is 3. The minimum absolute atomic E-state index is 0.571. The SMILES string of the molecule is COc1c(-c2ncc3ccccc3c2C#N)ccc2ccccc12. The van der Waals surface area contributed by atoms with Crippen molar-refractivity contribution in [2.75, 3.05) is 7.11 Å². The summed E-state index contributed by atoms with van der Waals surface area (Å²) in [5, 5.41) is 13.7. The van der Waals surface area contributed by atoms with Crippen molar-refractivity contribution in [3.63, 3.8) is 0 Å². The molecular weight excluding hydrogens is 296 g/mol. The summed E-state index contributed by atoms with van der Waals surface area (Å²) in [7, 11) is 1.65. The Morgan fingerprint density at radius 1 is 0.875 bits per heavy atom. The molecule has 0 spiro atoms. The van der Waals surface area contributed by atoms with Crippen molar-refractivity contribution in [1.82, 2.24) is 4.98 Å². The zero-order chi connectivity index (χ0) is 16.5. The Kier molecular flexibility index (Phi) is 3.36. The first-order valence-electron chi connectivity index (χ1n) is 7.67. The van der Waals surface area contributed by atoms with Crippen molar-refractivity contribution in [3.8, 4) is 23.1 Å². The second-order valence-corrected chi connectivity index (χ2v) is 5.55. The van der Waals surface area contributed by atoms with E-state index >= 15 is 0 Å². The van der Waals surface area contributed by atoms with Gasteiger partial charge in [0, 0.05) is 27.9 Å². The van der Waals surface area contributed by atoms with Gasteiger partial charge >= 0.3 is 0 Å². The summed E-state index contributed by atoms with van der Waals surface area (Å²) < 4.78 is 5.68. The lowest BCUT2D eigenvalue weighted by molar-refractivity contribution is 0.421. The van der Waals surface area contributed by atoms with E-state index in [-0.39, 0.29) is 0 Å². The Hall–Kier alpha value is -3.38. The monoisotopic (exact) mass is 310 g/mol. The quantitative estimate of drug-likeness (QED) is 0.527. The van der Waals surface area contributed by atoms with Crippen LogP contribution in [0.3, 0.4) is 0 Å². The number of ether oxygens (including phenoxy) is 1. The summed E-state index contributed by atoms with van der Waals surface area (Å²) in [4.78, 5) is 4.56. The lowest BCUT2D eigenvalue weighted by Gasteiger charge is -2.13. The van der Waals surface area contributed by atoms with Crippen LogP contribution in [-0.4, -0.2) is 12.1 Å². The Morgan fingerprint density at radius 3 is 2.33 bits per heavy atom. The molecule has 0 amide bonds. The normalized spacial score (nSPS) is 10.7. The number of nitriles is 1. The molecule has 0 bridgehead atoms. The van der Waals surface area contributed by atoms with Crippen LogP contribution >= 0.6 is 0 Å². The van der Waals surface area contributed by atoms with Crippen molar-refractivity contribution in [2.24, 2.45) is 0 Å². The second kappa shape index (κ2) is 5.68. The molecule has 3 nitrogen and oxygen atoms in total. The molecule has 0 radical (unpaired) electrons. The van der Waals surface area contributed by atoms with Crippen LogP contribution in [0.2, 0.25) is 0 Å². The second-order valence-electron chi connectivity index (χ2n) is 5.55. The number of nitrogens with zero attached hydrogens (tertiary/aromatic N) is 2. The Bertz CT molecular complexity index is 1110. The van der Waals surface area contributed by atoms with Crippen LogP contribution in [0.25, 0.3) is 32.8 Å². The van der Waals surface area contributed by atoms with E-state index in [9.17, 15) is 5.26 Å². The zero-order valence-electron chi connectivity index (χ0n) is 13.2.